The molecule has 2 heteroatoms. The third kappa shape index (κ3) is 3.02. The smallest absolute Gasteiger partial charge is 0.0529 e. The van der Waals surface area contributed by atoms with Crippen LogP contribution < -0.4 is 5.32 Å². The van der Waals surface area contributed by atoms with Crippen molar-refractivity contribution in [3.05, 3.63) is 24.0 Å². The second-order valence-corrected chi connectivity index (χ2v) is 4.01. The molecule has 0 aliphatic heterocycles. The Morgan fingerprint density at radius 3 is 2.57 bits per heavy atom. The number of rotatable bonds is 4. The van der Waals surface area contributed by atoms with Gasteiger partial charge < -0.3 is 5.32 Å². The van der Waals surface area contributed by atoms with Crippen molar-refractivity contribution in [3.63, 3.8) is 0 Å². The molecule has 14 heavy (non-hydrogen) atoms. The maximum atomic E-state index is 4.25. The first kappa shape index (κ1) is 11.0. The number of nitrogens with one attached hydrogen (secondary N) is 1. The van der Waals surface area contributed by atoms with Crippen LogP contribution in [0.1, 0.15) is 32.9 Å². The second kappa shape index (κ2) is 4.99. The van der Waals surface area contributed by atoms with Crippen LogP contribution >= 0.6 is 0 Å². The van der Waals surface area contributed by atoms with Crippen LogP contribution in [0.3, 0.4) is 0 Å². The Labute approximate surface area is 86.8 Å². The van der Waals surface area contributed by atoms with E-state index in [9.17, 15) is 0 Å². The molecule has 1 aromatic rings. The summed E-state index contributed by atoms with van der Waals surface area (Å²) in [6.45, 7) is 8.70. The zero-order valence-electron chi connectivity index (χ0n) is 9.54. The highest BCUT2D eigenvalue weighted by Gasteiger charge is 2.09. The quantitative estimate of drug-likeness (QED) is 0.792. The highest BCUT2D eigenvalue weighted by molar-refractivity contribution is 5.41. The van der Waals surface area contributed by atoms with E-state index in [-0.39, 0.29) is 0 Å². The van der Waals surface area contributed by atoms with E-state index >= 15 is 0 Å². The maximum Gasteiger partial charge on any atom is 0.0529 e. The van der Waals surface area contributed by atoms with Gasteiger partial charge in [-0.3, -0.25) is 4.98 Å². The van der Waals surface area contributed by atoms with Crippen LogP contribution in [0.4, 0.5) is 5.69 Å². The van der Waals surface area contributed by atoms with Crippen molar-refractivity contribution >= 4 is 5.69 Å². The van der Waals surface area contributed by atoms with Gasteiger partial charge in [0, 0.05) is 11.7 Å². The van der Waals surface area contributed by atoms with Crippen molar-refractivity contribution in [3.8, 4) is 0 Å². The molecule has 1 aromatic heterocycles. The van der Waals surface area contributed by atoms with Gasteiger partial charge in [-0.25, -0.2) is 0 Å². The Morgan fingerprint density at radius 2 is 2.07 bits per heavy atom. The molecule has 0 saturated carbocycles. The molecular formula is C12H20N2. The first-order valence-corrected chi connectivity index (χ1v) is 5.32. The van der Waals surface area contributed by atoms with Crippen molar-refractivity contribution in [2.75, 3.05) is 5.32 Å². The molecule has 0 spiro atoms. The minimum absolute atomic E-state index is 0.504. The molecule has 0 unspecified atom stereocenters. The lowest BCUT2D eigenvalue weighted by Crippen LogP contribution is -2.23. The number of hydrogen-bond acceptors (Lipinski definition) is 2. The summed E-state index contributed by atoms with van der Waals surface area (Å²) in [5.41, 5.74) is 2.18. The fourth-order valence-electron chi connectivity index (χ4n) is 1.31. The Morgan fingerprint density at radius 1 is 1.36 bits per heavy atom. The number of aromatic nitrogens is 1. The van der Waals surface area contributed by atoms with E-state index in [0.29, 0.717) is 12.0 Å². The van der Waals surface area contributed by atoms with Crippen molar-refractivity contribution in [1.29, 1.82) is 0 Å². The molecule has 0 aliphatic carbocycles. The minimum atomic E-state index is 0.504. The molecule has 0 saturated heterocycles. The first-order chi connectivity index (χ1) is 6.63. The molecule has 2 nitrogen and oxygen atoms in total. The Bertz CT molecular complexity index is 266. The van der Waals surface area contributed by atoms with Crippen LogP contribution in [0.15, 0.2) is 18.3 Å². The molecule has 0 radical (unpaired) electrons. The lowest BCUT2D eigenvalue weighted by molar-refractivity contribution is 0.494. The molecule has 1 rings (SSSR count). The molecule has 2 atom stereocenters. The zero-order valence-corrected chi connectivity index (χ0v) is 9.54. The van der Waals surface area contributed by atoms with E-state index in [1.54, 1.807) is 0 Å². The molecule has 0 fully saturated rings. The second-order valence-electron chi connectivity index (χ2n) is 4.01. The summed E-state index contributed by atoms with van der Waals surface area (Å²) >= 11 is 0. The van der Waals surface area contributed by atoms with Gasteiger partial charge in [-0.15, -0.1) is 0 Å². The molecule has 78 valence electrons. The summed E-state index contributed by atoms with van der Waals surface area (Å²) in [7, 11) is 0. The number of anilines is 1. The Balaban J connectivity index is 2.56. The molecule has 0 amide bonds. The van der Waals surface area contributed by atoms with Crippen molar-refractivity contribution in [1.82, 2.24) is 4.98 Å². The van der Waals surface area contributed by atoms with E-state index in [1.165, 1.54) is 6.42 Å². The Hall–Kier alpha value is -1.05. The average molecular weight is 192 g/mol. The zero-order chi connectivity index (χ0) is 10.6. The molecule has 0 aliphatic rings. The van der Waals surface area contributed by atoms with Gasteiger partial charge in [0.2, 0.25) is 0 Å². The first-order valence-electron chi connectivity index (χ1n) is 5.32. The lowest BCUT2D eigenvalue weighted by atomic mass is 10.0. The number of aryl methyl sites for hydroxylation is 1. The van der Waals surface area contributed by atoms with E-state index in [1.807, 2.05) is 19.2 Å². The molecule has 1 heterocycles. The van der Waals surface area contributed by atoms with Gasteiger partial charge in [-0.05, 0) is 31.9 Å². The molecular weight excluding hydrogens is 172 g/mol. The summed E-state index contributed by atoms with van der Waals surface area (Å²) in [5.74, 6) is 0.691. The number of pyridine rings is 1. The van der Waals surface area contributed by atoms with Gasteiger partial charge in [0.1, 0.15) is 0 Å². The number of nitrogens with zero attached hydrogens (tertiary/aromatic N) is 1. The standard InChI is InChI=1S/C12H20N2/c1-5-9(2)11(4)14-12-7-6-10(3)13-8-12/h6-9,11,14H,5H2,1-4H3/t9-,11-/m1/s1. The summed E-state index contributed by atoms with van der Waals surface area (Å²) in [6.07, 6.45) is 3.10. The largest absolute Gasteiger partial charge is 0.381 e. The minimum Gasteiger partial charge on any atom is -0.381 e. The van der Waals surface area contributed by atoms with E-state index in [4.69, 9.17) is 0 Å². The highest BCUT2D eigenvalue weighted by Crippen LogP contribution is 2.13. The van der Waals surface area contributed by atoms with Gasteiger partial charge in [0.15, 0.2) is 0 Å². The van der Waals surface area contributed by atoms with E-state index in [0.717, 1.165) is 11.4 Å². The van der Waals surface area contributed by atoms with Gasteiger partial charge in [0.05, 0.1) is 11.9 Å². The normalized spacial score (nSPS) is 14.9. The number of hydrogen-bond donors (Lipinski definition) is 1. The van der Waals surface area contributed by atoms with Crippen LogP contribution in [-0.4, -0.2) is 11.0 Å². The monoisotopic (exact) mass is 192 g/mol. The van der Waals surface area contributed by atoms with Crippen molar-refractivity contribution < 1.29 is 0 Å². The van der Waals surface area contributed by atoms with Crippen LogP contribution in [0.2, 0.25) is 0 Å². The molecule has 0 bridgehead atoms. The van der Waals surface area contributed by atoms with E-state index in [2.05, 4.69) is 37.1 Å². The SMILES string of the molecule is CC[C@@H](C)[C@@H](C)Nc1ccc(C)nc1. The van der Waals surface area contributed by atoms with Gasteiger partial charge >= 0.3 is 0 Å². The highest BCUT2D eigenvalue weighted by atomic mass is 14.9. The van der Waals surface area contributed by atoms with Crippen LogP contribution in [0.5, 0.6) is 0 Å². The van der Waals surface area contributed by atoms with Gasteiger partial charge in [-0.1, -0.05) is 20.3 Å². The van der Waals surface area contributed by atoms with Gasteiger partial charge in [0.25, 0.3) is 0 Å². The van der Waals surface area contributed by atoms with Crippen LogP contribution in [0.25, 0.3) is 0 Å². The van der Waals surface area contributed by atoms with Crippen LogP contribution in [-0.2, 0) is 0 Å². The Kier molecular flexibility index (Phi) is 3.93. The van der Waals surface area contributed by atoms with Crippen LogP contribution in [0, 0.1) is 12.8 Å². The third-order valence-corrected chi connectivity index (χ3v) is 2.80. The third-order valence-electron chi connectivity index (χ3n) is 2.80. The fourth-order valence-corrected chi connectivity index (χ4v) is 1.31. The molecule has 0 aromatic carbocycles. The maximum absolute atomic E-state index is 4.25. The summed E-state index contributed by atoms with van der Waals surface area (Å²) in [5, 5.41) is 3.46. The fraction of sp³-hybridized carbons (Fsp3) is 0.583. The summed E-state index contributed by atoms with van der Waals surface area (Å²) in [4.78, 5) is 4.25. The predicted molar refractivity (Wildman–Crippen MR) is 61.5 cm³/mol. The average Bonchev–Trinajstić information content (AvgIpc) is 2.20. The lowest BCUT2D eigenvalue weighted by Gasteiger charge is -2.20. The summed E-state index contributed by atoms with van der Waals surface area (Å²) < 4.78 is 0. The topological polar surface area (TPSA) is 24.9 Å². The van der Waals surface area contributed by atoms with E-state index < -0.39 is 0 Å². The summed E-state index contributed by atoms with van der Waals surface area (Å²) in [6, 6.07) is 4.62. The predicted octanol–water partition coefficient (Wildman–Crippen LogP) is 3.24. The van der Waals surface area contributed by atoms with Crippen molar-refractivity contribution in [2.24, 2.45) is 5.92 Å². The van der Waals surface area contributed by atoms with Crippen molar-refractivity contribution in [2.45, 2.75) is 40.2 Å². The molecule has 1 N–H and O–H groups in total. The van der Waals surface area contributed by atoms with Gasteiger partial charge in [-0.2, -0.15) is 0 Å².